The van der Waals surface area contributed by atoms with Crippen LogP contribution in [-0.2, 0) is 0 Å². The zero-order valence-corrected chi connectivity index (χ0v) is 8.72. The van der Waals surface area contributed by atoms with Crippen LogP contribution in [0.4, 0.5) is 0 Å². The fraction of sp³-hybridized carbons (Fsp3) is 0.500. The van der Waals surface area contributed by atoms with E-state index in [1.54, 1.807) is 0 Å². The standard InChI is InChI=1S/C8H16P2/c1-3-5-7-9-10-8-6-4-2/h5-10H,3-4H2,1-2H3. The molecule has 0 aliphatic rings. The Labute approximate surface area is 67.6 Å². The first-order chi connectivity index (χ1) is 4.91. The molecule has 0 aliphatic carbocycles. The summed E-state index contributed by atoms with van der Waals surface area (Å²) in [4.78, 5) is 0. The molecular weight excluding hydrogens is 158 g/mol. The van der Waals surface area contributed by atoms with E-state index in [4.69, 9.17) is 0 Å². The smallest absolute Gasteiger partial charge is 0.0376 e. The quantitative estimate of drug-likeness (QED) is 0.434. The maximum atomic E-state index is 2.29. The molecule has 0 radical (unpaired) electrons. The Hall–Kier alpha value is 0.340. The zero-order chi connectivity index (χ0) is 7.66. The largest absolute Gasteiger partial charge is 0.0842 e. The molecule has 0 nitrogen and oxygen atoms in total. The van der Waals surface area contributed by atoms with Crippen LogP contribution in [0.3, 0.4) is 0 Å². The van der Waals surface area contributed by atoms with E-state index in [2.05, 4.69) is 37.6 Å². The van der Waals surface area contributed by atoms with E-state index in [1.165, 1.54) is 12.8 Å². The van der Waals surface area contributed by atoms with Gasteiger partial charge in [0, 0.05) is 0 Å². The second-order valence-corrected chi connectivity index (χ2v) is 4.89. The Kier molecular flexibility index (Phi) is 9.66. The van der Waals surface area contributed by atoms with Gasteiger partial charge in [0.15, 0.2) is 0 Å². The first-order valence-electron chi connectivity index (χ1n) is 3.72. The fourth-order valence-corrected chi connectivity index (χ4v) is 2.63. The number of hydrogen-bond acceptors (Lipinski definition) is 0. The topological polar surface area (TPSA) is 0 Å². The number of hydrogen-bond donors (Lipinski definition) is 0. The van der Waals surface area contributed by atoms with Crippen molar-refractivity contribution in [3.05, 3.63) is 23.8 Å². The van der Waals surface area contributed by atoms with E-state index in [9.17, 15) is 0 Å². The van der Waals surface area contributed by atoms with E-state index >= 15 is 0 Å². The van der Waals surface area contributed by atoms with E-state index in [1.807, 2.05) is 0 Å². The molecule has 0 saturated carbocycles. The van der Waals surface area contributed by atoms with Crippen molar-refractivity contribution in [3.8, 4) is 0 Å². The fourth-order valence-electron chi connectivity index (χ4n) is 0.450. The van der Waals surface area contributed by atoms with Gasteiger partial charge < -0.3 is 0 Å². The molecule has 2 heteroatoms. The van der Waals surface area contributed by atoms with Crippen molar-refractivity contribution in [1.82, 2.24) is 0 Å². The third-order valence-electron chi connectivity index (χ3n) is 0.957. The van der Waals surface area contributed by atoms with Crippen LogP contribution in [0.15, 0.2) is 23.8 Å². The molecule has 0 heterocycles. The van der Waals surface area contributed by atoms with Gasteiger partial charge in [-0.25, -0.2) is 0 Å². The Balaban J connectivity index is 3.04. The summed E-state index contributed by atoms with van der Waals surface area (Å²) in [6.45, 7) is 4.35. The lowest BCUT2D eigenvalue weighted by Crippen LogP contribution is -1.46. The van der Waals surface area contributed by atoms with Crippen LogP contribution in [0.1, 0.15) is 26.7 Å². The van der Waals surface area contributed by atoms with Crippen LogP contribution in [0.5, 0.6) is 0 Å². The van der Waals surface area contributed by atoms with E-state index < -0.39 is 0 Å². The predicted octanol–water partition coefficient (Wildman–Crippen LogP) is 4.11. The highest BCUT2D eigenvalue weighted by molar-refractivity contribution is 8.14. The highest BCUT2D eigenvalue weighted by atomic mass is 32.0. The Morgan fingerprint density at radius 1 is 0.900 bits per heavy atom. The van der Waals surface area contributed by atoms with Crippen molar-refractivity contribution in [1.29, 1.82) is 0 Å². The van der Waals surface area contributed by atoms with Crippen molar-refractivity contribution in [2.45, 2.75) is 26.7 Å². The summed E-state index contributed by atoms with van der Waals surface area (Å²) >= 11 is 0. The lowest BCUT2D eigenvalue weighted by Gasteiger charge is -1.85. The van der Waals surface area contributed by atoms with Gasteiger partial charge in [0.2, 0.25) is 0 Å². The molecule has 0 aromatic heterocycles. The molecule has 10 heavy (non-hydrogen) atoms. The van der Waals surface area contributed by atoms with Gasteiger partial charge >= 0.3 is 0 Å². The molecular formula is C8H16P2. The Morgan fingerprint density at radius 2 is 1.30 bits per heavy atom. The molecule has 2 unspecified atom stereocenters. The average Bonchev–Trinajstić information content (AvgIpc) is 1.97. The van der Waals surface area contributed by atoms with E-state index in [0.717, 1.165) is 16.5 Å². The lowest BCUT2D eigenvalue weighted by atomic mass is 10.5. The third-order valence-corrected chi connectivity index (χ3v) is 3.43. The molecule has 0 aliphatic heterocycles. The minimum atomic E-state index is 1.01. The summed E-state index contributed by atoms with van der Waals surface area (Å²) in [5, 5.41) is 0. The normalized spacial score (nSPS) is 14.2. The Morgan fingerprint density at radius 3 is 1.60 bits per heavy atom. The molecule has 0 fully saturated rings. The minimum Gasteiger partial charge on any atom is -0.0842 e. The van der Waals surface area contributed by atoms with Crippen molar-refractivity contribution in [3.63, 3.8) is 0 Å². The summed E-state index contributed by atoms with van der Waals surface area (Å²) < 4.78 is 0. The zero-order valence-electron chi connectivity index (χ0n) is 6.72. The summed E-state index contributed by atoms with van der Waals surface area (Å²) in [5.74, 6) is 4.58. The predicted molar refractivity (Wildman–Crippen MR) is 55.5 cm³/mol. The summed E-state index contributed by atoms with van der Waals surface area (Å²) in [6.07, 6.45) is 6.83. The average molecular weight is 174 g/mol. The van der Waals surface area contributed by atoms with Gasteiger partial charge in [-0.1, -0.05) is 54.2 Å². The van der Waals surface area contributed by atoms with Crippen molar-refractivity contribution in [2.24, 2.45) is 0 Å². The summed E-state index contributed by atoms with van der Waals surface area (Å²) in [7, 11) is 2.02. The van der Waals surface area contributed by atoms with E-state index in [0.29, 0.717) is 0 Å². The van der Waals surface area contributed by atoms with Crippen LogP contribution in [0.25, 0.3) is 0 Å². The van der Waals surface area contributed by atoms with Crippen molar-refractivity contribution < 1.29 is 0 Å². The minimum absolute atomic E-state index is 1.01. The van der Waals surface area contributed by atoms with Gasteiger partial charge in [0.25, 0.3) is 0 Å². The highest BCUT2D eigenvalue weighted by Crippen LogP contribution is 2.38. The van der Waals surface area contributed by atoms with E-state index in [-0.39, 0.29) is 0 Å². The SMILES string of the molecule is CCC=CPPC=CCC. The lowest BCUT2D eigenvalue weighted by molar-refractivity contribution is 1.23. The van der Waals surface area contributed by atoms with Crippen LogP contribution >= 0.6 is 16.5 Å². The second kappa shape index (κ2) is 9.34. The van der Waals surface area contributed by atoms with Gasteiger partial charge in [-0.15, -0.1) is 0 Å². The van der Waals surface area contributed by atoms with Crippen LogP contribution in [-0.4, -0.2) is 0 Å². The molecule has 0 aromatic carbocycles. The molecule has 0 amide bonds. The molecule has 0 N–H and O–H groups in total. The van der Waals surface area contributed by atoms with Crippen LogP contribution in [0.2, 0.25) is 0 Å². The van der Waals surface area contributed by atoms with Gasteiger partial charge in [0.05, 0.1) is 0 Å². The maximum absolute atomic E-state index is 2.29. The molecule has 0 bridgehead atoms. The third kappa shape index (κ3) is 8.34. The molecule has 58 valence electrons. The highest BCUT2D eigenvalue weighted by Gasteiger charge is 1.72. The number of allylic oxidation sites excluding steroid dienone is 2. The maximum Gasteiger partial charge on any atom is -0.0376 e. The van der Waals surface area contributed by atoms with Crippen molar-refractivity contribution in [2.75, 3.05) is 0 Å². The first kappa shape index (κ1) is 10.3. The number of rotatable bonds is 5. The first-order valence-corrected chi connectivity index (χ1v) is 6.88. The van der Waals surface area contributed by atoms with Gasteiger partial charge in [-0.05, 0) is 12.8 Å². The summed E-state index contributed by atoms with van der Waals surface area (Å²) in [5.41, 5.74) is 0. The summed E-state index contributed by atoms with van der Waals surface area (Å²) in [6, 6.07) is 0. The van der Waals surface area contributed by atoms with Crippen LogP contribution < -0.4 is 0 Å². The van der Waals surface area contributed by atoms with Crippen molar-refractivity contribution >= 4 is 16.5 Å². The molecule has 0 spiro atoms. The van der Waals surface area contributed by atoms with Gasteiger partial charge in [-0.3, -0.25) is 0 Å². The molecule has 0 rings (SSSR count). The van der Waals surface area contributed by atoms with Crippen LogP contribution in [0, 0.1) is 0 Å². The monoisotopic (exact) mass is 174 g/mol. The Bertz CT molecular complexity index is 91.8. The second-order valence-electron chi connectivity index (χ2n) is 1.91. The molecule has 2 atom stereocenters. The molecule has 0 saturated heterocycles. The molecule has 0 aromatic rings. The van der Waals surface area contributed by atoms with Gasteiger partial charge in [0.1, 0.15) is 0 Å². The van der Waals surface area contributed by atoms with Gasteiger partial charge in [-0.2, -0.15) is 0 Å².